The van der Waals surface area contributed by atoms with Gasteiger partial charge in [0.25, 0.3) is 0 Å². The van der Waals surface area contributed by atoms with E-state index in [2.05, 4.69) is 15.8 Å². The minimum Gasteiger partial charge on any atom is -0.478 e. The highest BCUT2D eigenvalue weighted by Crippen LogP contribution is 2.10. The van der Waals surface area contributed by atoms with Gasteiger partial charge in [0, 0.05) is 5.56 Å². The van der Waals surface area contributed by atoms with Gasteiger partial charge in [0.1, 0.15) is 0 Å². The van der Waals surface area contributed by atoms with E-state index in [0.29, 0.717) is 5.56 Å². The van der Waals surface area contributed by atoms with Crippen molar-refractivity contribution in [1.29, 1.82) is 0 Å². The van der Waals surface area contributed by atoms with E-state index in [0.717, 1.165) is 5.56 Å². The number of carbonyl (C=O) groups excluding carboxylic acids is 2. The minimum absolute atomic E-state index is 0.0441. The van der Waals surface area contributed by atoms with Crippen molar-refractivity contribution < 1.29 is 19.5 Å². The van der Waals surface area contributed by atoms with E-state index in [1.165, 1.54) is 18.3 Å². The fraction of sp³-hybridized carbons (Fsp3) is 0.111. The number of carboxylic acid groups (broad SMARTS) is 1. The highest BCUT2D eigenvalue weighted by molar-refractivity contribution is 6.35. The Labute approximate surface area is 144 Å². The molecule has 25 heavy (non-hydrogen) atoms. The SMILES string of the molecule is C[C@@H](NC(=O)C(=O)N/N=C\c1ccccc1C(=O)O)c1ccccc1. The van der Waals surface area contributed by atoms with Crippen LogP contribution in [0.15, 0.2) is 59.7 Å². The van der Waals surface area contributed by atoms with Crippen molar-refractivity contribution >= 4 is 24.0 Å². The normalized spacial score (nSPS) is 11.7. The Hall–Kier alpha value is -3.48. The summed E-state index contributed by atoms with van der Waals surface area (Å²) in [5.41, 5.74) is 3.30. The van der Waals surface area contributed by atoms with Crippen LogP contribution in [0.25, 0.3) is 0 Å². The van der Waals surface area contributed by atoms with Crippen LogP contribution in [0.1, 0.15) is 34.5 Å². The third-order valence-electron chi connectivity index (χ3n) is 3.41. The molecule has 3 N–H and O–H groups in total. The quantitative estimate of drug-likeness (QED) is 0.438. The van der Waals surface area contributed by atoms with E-state index in [-0.39, 0.29) is 11.6 Å². The number of aromatic carboxylic acids is 1. The molecule has 2 amide bonds. The minimum atomic E-state index is -1.11. The molecular weight excluding hydrogens is 322 g/mol. The lowest BCUT2D eigenvalue weighted by Gasteiger charge is -2.13. The van der Waals surface area contributed by atoms with Crippen LogP contribution < -0.4 is 10.7 Å². The zero-order valence-electron chi connectivity index (χ0n) is 13.5. The summed E-state index contributed by atoms with van der Waals surface area (Å²) in [6, 6.07) is 15.0. The van der Waals surface area contributed by atoms with Crippen molar-refractivity contribution in [3.05, 3.63) is 71.3 Å². The Bertz CT molecular complexity index is 803. The van der Waals surface area contributed by atoms with Gasteiger partial charge in [-0.1, -0.05) is 48.5 Å². The predicted molar refractivity (Wildman–Crippen MR) is 92.1 cm³/mol. The molecule has 0 aliphatic rings. The predicted octanol–water partition coefficient (Wildman–Crippen LogP) is 1.71. The van der Waals surface area contributed by atoms with Crippen LogP contribution in [0.5, 0.6) is 0 Å². The average molecular weight is 339 g/mol. The highest BCUT2D eigenvalue weighted by Gasteiger charge is 2.16. The number of carbonyl (C=O) groups is 3. The van der Waals surface area contributed by atoms with Gasteiger partial charge in [-0.3, -0.25) is 9.59 Å². The zero-order chi connectivity index (χ0) is 18.2. The maximum Gasteiger partial charge on any atom is 0.336 e. The summed E-state index contributed by atoms with van der Waals surface area (Å²) in [6.45, 7) is 1.76. The monoisotopic (exact) mass is 339 g/mol. The zero-order valence-corrected chi connectivity index (χ0v) is 13.5. The Balaban J connectivity index is 1.94. The third kappa shape index (κ3) is 5.00. The van der Waals surface area contributed by atoms with Crippen LogP contribution in [0, 0.1) is 0 Å². The Morgan fingerprint density at radius 2 is 1.64 bits per heavy atom. The fourth-order valence-corrected chi connectivity index (χ4v) is 2.10. The fourth-order valence-electron chi connectivity index (χ4n) is 2.10. The van der Waals surface area contributed by atoms with E-state index in [1.54, 1.807) is 19.1 Å². The molecule has 2 aromatic carbocycles. The molecule has 2 aromatic rings. The standard InChI is InChI=1S/C18H17N3O4/c1-12(13-7-3-2-4-8-13)20-16(22)17(23)21-19-11-14-9-5-6-10-15(14)18(24)25/h2-12H,1H3,(H,20,22)(H,21,23)(H,24,25)/b19-11-/t12-/m1/s1. The molecule has 7 heteroatoms. The van der Waals surface area contributed by atoms with Crippen molar-refractivity contribution in [3.63, 3.8) is 0 Å². The van der Waals surface area contributed by atoms with Crippen molar-refractivity contribution in [1.82, 2.24) is 10.7 Å². The Morgan fingerprint density at radius 1 is 1.00 bits per heavy atom. The summed E-state index contributed by atoms with van der Waals surface area (Å²) in [7, 11) is 0. The molecule has 0 aliphatic heterocycles. The number of carboxylic acids is 1. The van der Waals surface area contributed by atoms with Gasteiger partial charge in [0.15, 0.2) is 0 Å². The Kier molecular flexibility index (Phi) is 6.00. The number of hydrazone groups is 1. The van der Waals surface area contributed by atoms with Crippen molar-refractivity contribution in [2.75, 3.05) is 0 Å². The summed E-state index contributed by atoms with van der Waals surface area (Å²) in [5.74, 6) is -2.88. The number of hydrogen-bond donors (Lipinski definition) is 3. The number of benzene rings is 2. The molecule has 0 saturated heterocycles. The van der Waals surface area contributed by atoms with Crippen LogP contribution in [0.2, 0.25) is 0 Å². The van der Waals surface area contributed by atoms with Gasteiger partial charge in [0.05, 0.1) is 17.8 Å². The van der Waals surface area contributed by atoms with Crippen LogP contribution in [0.3, 0.4) is 0 Å². The molecule has 0 radical (unpaired) electrons. The molecule has 0 bridgehead atoms. The first-order valence-corrected chi connectivity index (χ1v) is 7.50. The number of hydrogen-bond acceptors (Lipinski definition) is 4. The summed E-state index contributed by atoms with van der Waals surface area (Å²) >= 11 is 0. The van der Waals surface area contributed by atoms with Crippen LogP contribution in [-0.4, -0.2) is 29.1 Å². The molecule has 0 fully saturated rings. The lowest BCUT2D eigenvalue weighted by atomic mass is 10.1. The first-order chi connectivity index (χ1) is 12.0. The van der Waals surface area contributed by atoms with Gasteiger partial charge >= 0.3 is 17.8 Å². The van der Waals surface area contributed by atoms with Crippen LogP contribution in [-0.2, 0) is 9.59 Å². The molecule has 0 saturated carbocycles. The topological polar surface area (TPSA) is 108 Å². The number of nitrogens with one attached hydrogen (secondary N) is 2. The summed E-state index contributed by atoms with van der Waals surface area (Å²) < 4.78 is 0. The summed E-state index contributed by atoms with van der Waals surface area (Å²) in [6.07, 6.45) is 1.18. The lowest BCUT2D eigenvalue weighted by Crippen LogP contribution is -2.39. The maximum atomic E-state index is 11.9. The first-order valence-electron chi connectivity index (χ1n) is 7.50. The van der Waals surface area contributed by atoms with Crippen LogP contribution >= 0.6 is 0 Å². The van der Waals surface area contributed by atoms with Gasteiger partial charge < -0.3 is 10.4 Å². The molecule has 128 valence electrons. The summed E-state index contributed by atoms with van der Waals surface area (Å²) in [5, 5.41) is 15.2. The maximum absolute atomic E-state index is 11.9. The molecule has 1 atom stereocenters. The second-order valence-electron chi connectivity index (χ2n) is 5.20. The number of nitrogens with zero attached hydrogens (tertiary/aromatic N) is 1. The average Bonchev–Trinajstić information content (AvgIpc) is 2.62. The second-order valence-corrected chi connectivity index (χ2v) is 5.20. The van der Waals surface area contributed by atoms with Crippen molar-refractivity contribution in [3.8, 4) is 0 Å². The van der Waals surface area contributed by atoms with E-state index >= 15 is 0 Å². The summed E-state index contributed by atoms with van der Waals surface area (Å²) in [4.78, 5) is 34.7. The second kappa shape index (κ2) is 8.39. The van der Waals surface area contributed by atoms with Gasteiger partial charge in [-0.25, -0.2) is 10.2 Å². The molecular formula is C18H17N3O4. The molecule has 0 aromatic heterocycles. The van der Waals surface area contributed by atoms with Gasteiger partial charge in [0.2, 0.25) is 0 Å². The molecule has 0 heterocycles. The van der Waals surface area contributed by atoms with E-state index in [1.807, 2.05) is 30.3 Å². The van der Waals surface area contributed by atoms with Gasteiger partial charge in [-0.15, -0.1) is 0 Å². The molecule has 2 rings (SSSR count). The molecule has 7 nitrogen and oxygen atoms in total. The van der Waals surface area contributed by atoms with E-state index in [4.69, 9.17) is 5.11 Å². The first kappa shape index (κ1) is 17.9. The smallest absolute Gasteiger partial charge is 0.336 e. The molecule has 0 unspecified atom stereocenters. The van der Waals surface area contributed by atoms with Gasteiger partial charge in [-0.2, -0.15) is 5.10 Å². The number of amides is 2. The number of rotatable bonds is 5. The highest BCUT2D eigenvalue weighted by atomic mass is 16.4. The third-order valence-corrected chi connectivity index (χ3v) is 3.41. The Morgan fingerprint density at radius 3 is 2.32 bits per heavy atom. The van der Waals surface area contributed by atoms with Crippen molar-refractivity contribution in [2.24, 2.45) is 5.10 Å². The molecule has 0 aliphatic carbocycles. The van der Waals surface area contributed by atoms with Crippen molar-refractivity contribution in [2.45, 2.75) is 13.0 Å². The van der Waals surface area contributed by atoms with E-state index < -0.39 is 17.8 Å². The van der Waals surface area contributed by atoms with E-state index in [9.17, 15) is 14.4 Å². The van der Waals surface area contributed by atoms with Crippen LogP contribution in [0.4, 0.5) is 0 Å². The lowest BCUT2D eigenvalue weighted by molar-refractivity contribution is -0.139. The molecule has 0 spiro atoms. The largest absolute Gasteiger partial charge is 0.478 e. The van der Waals surface area contributed by atoms with Gasteiger partial charge in [-0.05, 0) is 18.6 Å².